The molecule has 0 aromatic rings. The predicted octanol–water partition coefficient (Wildman–Crippen LogP) is 3.27. The molecular weight excluding hydrogens is 167 g/mol. The van der Waals surface area contributed by atoms with E-state index in [-0.39, 0.29) is 0 Å². The first-order valence-electron chi connectivity index (χ1n) is 3.98. The molecule has 0 aromatic carbocycles. The zero-order valence-electron chi connectivity index (χ0n) is 6.15. The average Bonchev–Trinajstić information content (AvgIpc) is 2.05. The summed E-state index contributed by atoms with van der Waals surface area (Å²) in [5.74, 6) is 3.24. The highest BCUT2D eigenvalue weighted by Crippen LogP contribution is 2.29. The molecule has 1 saturated carbocycles. The third-order valence-corrected chi connectivity index (χ3v) is 3.28. The lowest BCUT2D eigenvalue weighted by Gasteiger charge is -2.25. The van der Waals surface area contributed by atoms with E-state index in [4.69, 9.17) is 23.2 Å². The van der Waals surface area contributed by atoms with Gasteiger partial charge in [-0.1, -0.05) is 0 Å². The minimum atomic E-state index is 0.779. The Morgan fingerprint density at radius 1 is 0.800 bits per heavy atom. The van der Waals surface area contributed by atoms with Gasteiger partial charge in [0.15, 0.2) is 0 Å². The molecule has 0 heterocycles. The number of hydrogen-bond acceptors (Lipinski definition) is 0. The number of alkyl halides is 2. The minimum Gasteiger partial charge on any atom is -0.126 e. The first-order chi connectivity index (χ1) is 4.86. The van der Waals surface area contributed by atoms with Crippen molar-refractivity contribution in [2.75, 3.05) is 11.8 Å². The highest BCUT2D eigenvalue weighted by Gasteiger charge is 2.19. The van der Waals surface area contributed by atoms with Crippen molar-refractivity contribution < 1.29 is 0 Å². The standard InChI is InChI=1S/C8H14Cl2/c9-5-7-1-2-8(6-10)4-3-7/h7-8H,1-6H2. The normalized spacial score (nSPS) is 34.2. The molecule has 0 saturated heterocycles. The molecule has 0 unspecified atom stereocenters. The summed E-state index contributed by atoms with van der Waals surface area (Å²) in [6.45, 7) is 0. The van der Waals surface area contributed by atoms with Crippen molar-refractivity contribution in [1.29, 1.82) is 0 Å². The Hall–Kier alpha value is 0.580. The first-order valence-corrected chi connectivity index (χ1v) is 5.05. The van der Waals surface area contributed by atoms with E-state index in [0.29, 0.717) is 0 Å². The number of rotatable bonds is 2. The summed E-state index contributed by atoms with van der Waals surface area (Å²) in [4.78, 5) is 0. The van der Waals surface area contributed by atoms with Crippen LogP contribution in [0.25, 0.3) is 0 Å². The van der Waals surface area contributed by atoms with Gasteiger partial charge in [0.1, 0.15) is 0 Å². The van der Waals surface area contributed by atoms with Crippen molar-refractivity contribution in [3.05, 3.63) is 0 Å². The fourth-order valence-corrected chi connectivity index (χ4v) is 2.16. The monoisotopic (exact) mass is 180 g/mol. The van der Waals surface area contributed by atoms with Gasteiger partial charge in [-0.15, -0.1) is 23.2 Å². The van der Waals surface area contributed by atoms with Crippen molar-refractivity contribution in [1.82, 2.24) is 0 Å². The van der Waals surface area contributed by atoms with Gasteiger partial charge >= 0.3 is 0 Å². The maximum absolute atomic E-state index is 5.74. The first kappa shape index (κ1) is 8.67. The molecule has 0 N–H and O–H groups in total. The van der Waals surface area contributed by atoms with Gasteiger partial charge in [-0.2, -0.15) is 0 Å². The Labute approximate surface area is 72.9 Å². The van der Waals surface area contributed by atoms with Gasteiger partial charge in [0.05, 0.1) is 0 Å². The van der Waals surface area contributed by atoms with Crippen LogP contribution in [0.1, 0.15) is 25.7 Å². The van der Waals surface area contributed by atoms with Gasteiger partial charge in [-0.05, 0) is 37.5 Å². The van der Waals surface area contributed by atoms with Gasteiger partial charge in [-0.3, -0.25) is 0 Å². The van der Waals surface area contributed by atoms with Gasteiger partial charge in [0, 0.05) is 11.8 Å². The zero-order chi connectivity index (χ0) is 7.40. The van der Waals surface area contributed by atoms with Crippen molar-refractivity contribution in [2.45, 2.75) is 25.7 Å². The molecule has 10 heavy (non-hydrogen) atoms. The maximum Gasteiger partial charge on any atom is 0.0251 e. The van der Waals surface area contributed by atoms with E-state index in [1.165, 1.54) is 25.7 Å². The topological polar surface area (TPSA) is 0 Å². The molecule has 2 heteroatoms. The molecule has 1 aliphatic rings. The summed E-state index contributed by atoms with van der Waals surface area (Å²) in [5.41, 5.74) is 0. The maximum atomic E-state index is 5.74. The smallest absolute Gasteiger partial charge is 0.0251 e. The molecule has 0 amide bonds. The molecule has 0 aliphatic heterocycles. The van der Waals surface area contributed by atoms with Gasteiger partial charge in [-0.25, -0.2) is 0 Å². The molecule has 0 spiro atoms. The Morgan fingerprint density at radius 2 is 1.10 bits per heavy atom. The van der Waals surface area contributed by atoms with Crippen molar-refractivity contribution >= 4 is 23.2 Å². The summed E-state index contributed by atoms with van der Waals surface area (Å²) < 4.78 is 0. The quantitative estimate of drug-likeness (QED) is 0.573. The molecule has 1 aliphatic carbocycles. The van der Waals surface area contributed by atoms with Crippen LogP contribution in [0.3, 0.4) is 0 Å². The van der Waals surface area contributed by atoms with E-state index >= 15 is 0 Å². The number of hydrogen-bond donors (Lipinski definition) is 0. The molecule has 60 valence electrons. The molecule has 1 rings (SSSR count). The summed E-state index contributed by atoms with van der Waals surface area (Å²) in [6.07, 6.45) is 5.17. The Bertz CT molecular complexity index is 73.3. The molecule has 0 atom stereocenters. The van der Waals surface area contributed by atoms with Gasteiger partial charge in [0.2, 0.25) is 0 Å². The van der Waals surface area contributed by atoms with Crippen LogP contribution in [0.4, 0.5) is 0 Å². The largest absolute Gasteiger partial charge is 0.126 e. The zero-order valence-corrected chi connectivity index (χ0v) is 7.67. The molecule has 0 nitrogen and oxygen atoms in total. The predicted molar refractivity (Wildman–Crippen MR) is 46.9 cm³/mol. The van der Waals surface area contributed by atoms with E-state index in [2.05, 4.69) is 0 Å². The van der Waals surface area contributed by atoms with Crippen molar-refractivity contribution in [2.24, 2.45) is 11.8 Å². The Kier molecular flexibility index (Phi) is 3.87. The second-order valence-corrected chi connectivity index (χ2v) is 3.81. The molecule has 1 fully saturated rings. The Balaban J connectivity index is 2.17. The van der Waals surface area contributed by atoms with E-state index in [1.54, 1.807) is 0 Å². The van der Waals surface area contributed by atoms with Gasteiger partial charge < -0.3 is 0 Å². The highest BCUT2D eigenvalue weighted by atomic mass is 35.5. The fourth-order valence-electron chi connectivity index (χ4n) is 1.54. The average molecular weight is 181 g/mol. The van der Waals surface area contributed by atoms with E-state index in [0.717, 1.165) is 23.6 Å². The van der Waals surface area contributed by atoms with Crippen LogP contribution in [-0.4, -0.2) is 11.8 Å². The van der Waals surface area contributed by atoms with E-state index in [1.807, 2.05) is 0 Å². The third kappa shape index (κ3) is 2.32. The summed E-state index contributed by atoms with van der Waals surface area (Å²) in [5, 5.41) is 0. The summed E-state index contributed by atoms with van der Waals surface area (Å²) >= 11 is 11.5. The summed E-state index contributed by atoms with van der Waals surface area (Å²) in [7, 11) is 0. The fraction of sp³-hybridized carbons (Fsp3) is 1.00. The molecule has 0 aromatic heterocycles. The second kappa shape index (κ2) is 4.46. The van der Waals surface area contributed by atoms with Crippen LogP contribution < -0.4 is 0 Å². The second-order valence-electron chi connectivity index (χ2n) is 3.20. The van der Waals surface area contributed by atoms with E-state index < -0.39 is 0 Å². The highest BCUT2D eigenvalue weighted by molar-refractivity contribution is 6.18. The van der Waals surface area contributed by atoms with E-state index in [9.17, 15) is 0 Å². The van der Waals surface area contributed by atoms with Crippen molar-refractivity contribution in [3.8, 4) is 0 Å². The van der Waals surface area contributed by atoms with Crippen LogP contribution in [-0.2, 0) is 0 Å². The lowest BCUT2D eigenvalue weighted by molar-refractivity contribution is 0.313. The van der Waals surface area contributed by atoms with Crippen LogP contribution >= 0.6 is 23.2 Å². The van der Waals surface area contributed by atoms with Crippen LogP contribution in [0.15, 0.2) is 0 Å². The lowest BCUT2D eigenvalue weighted by atomic mass is 9.84. The van der Waals surface area contributed by atoms with Gasteiger partial charge in [0.25, 0.3) is 0 Å². The molecular formula is C8H14Cl2. The van der Waals surface area contributed by atoms with Crippen molar-refractivity contribution in [3.63, 3.8) is 0 Å². The lowest BCUT2D eigenvalue weighted by Crippen LogP contribution is -2.16. The van der Waals surface area contributed by atoms with Crippen LogP contribution in [0.5, 0.6) is 0 Å². The minimum absolute atomic E-state index is 0.779. The SMILES string of the molecule is ClCC1CCC(CCl)CC1. The summed E-state index contributed by atoms with van der Waals surface area (Å²) in [6, 6.07) is 0. The third-order valence-electron chi connectivity index (χ3n) is 2.40. The molecule has 0 radical (unpaired) electrons. The molecule has 0 bridgehead atoms. The van der Waals surface area contributed by atoms with Crippen LogP contribution in [0.2, 0.25) is 0 Å². The number of halogens is 2. The van der Waals surface area contributed by atoms with Crippen LogP contribution in [0, 0.1) is 11.8 Å². The Morgan fingerprint density at radius 3 is 1.30 bits per heavy atom.